The average Bonchev–Trinajstić information content (AvgIpc) is 1.65. The van der Waals surface area contributed by atoms with Gasteiger partial charge in [-0.05, 0) is 25.5 Å². The maximum absolute atomic E-state index is 12.6. The van der Waals surface area contributed by atoms with Gasteiger partial charge in [-0.1, -0.05) is 61.6 Å². The number of aliphatic carboxylic acids is 1. The Balaban J connectivity index is -0.0000000344. The minimum Gasteiger partial charge on any atom is -0.482 e. The van der Waals surface area contributed by atoms with Gasteiger partial charge >= 0.3 is 0 Å². The molecule has 2 aromatic heterocycles. The Morgan fingerprint density at radius 1 is 0.360 bits per heavy atom. The average molecular weight is 1770 g/mol. The second kappa shape index (κ2) is 170. The fourth-order valence-electron chi connectivity index (χ4n) is 5.64. The van der Waals surface area contributed by atoms with Crippen LogP contribution < -0.4 is 10.6 Å². The van der Waals surface area contributed by atoms with Crippen LogP contribution in [-0.2, 0) is 102 Å². The maximum atomic E-state index is 12.6. The van der Waals surface area contributed by atoms with Gasteiger partial charge in [0.1, 0.15) is 5.78 Å². The van der Waals surface area contributed by atoms with E-state index in [2.05, 4.69) is 22.8 Å². The molecule has 3 N–H and O–H groups in total. The van der Waals surface area contributed by atoms with Crippen molar-refractivity contribution >= 4 is 56.7 Å². The largest absolute Gasteiger partial charge is 0.482 e. The van der Waals surface area contributed by atoms with Crippen LogP contribution in [0.1, 0.15) is 49.9 Å². The van der Waals surface area contributed by atoms with E-state index >= 15 is 0 Å². The molecule has 0 spiro atoms. The standard InChI is InChI=1S/C20H19N2O2.C19H17N2O3.25F2.2Y/c1-13-10-16(9-8-15(13)11-14(2)23)21-20(24)18-12-22(3)19-7-5-4-6-17(18)19;1-12-9-14(8-7-13(12)10-18(22)23)20-19(24)16-11-21(2)17-6-4-3-5-15(16)17;25*1-2;;/h4-8,10,12H,11H2,1-3H3,(H,21,24);3-7,9,11H,10H2,1-2H3,(H,20,24)(H,22,23);;;;;;;;;;;;;;;;;;;;;;;;;;;/q2*-1;;;;;;;;;;;;;;;;;;;;;;;;;;;. The molecule has 600 valence electrons. The van der Waals surface area contributed by atoms with Crippen molar-refractivity contribution in [2.24, 2.45) is 14.1 Å². The number of aromatic nitrogens is 2. The molecule has 6 aromatic rings. The summed E-state index contributed by atoms with van der Waals surface area (Å²) < 4.78 is 404. The van der Waals surface area contributed by atoms with Gasteiger partial charge in [-0.2, -0.15) is 35.4 Å². The smallest absolute Gasteiger partial charge is 0.296 e. The minimum absolute atomic E-state index is 0. The molecular formula is C39H36F50N4O5Y2-2. The number of hydrogen-bond acceptors (Lipinski definition) is 4. The van der Waals surface area contributed by atoms with Gasteiger partial charge in [0.25, 0.3) is 17.8 Å². The first-order chi connectivity index (χ1) is 47.9. The number of hydrogen-bond donors (Lipinski definition) is 3. The summed E-state index contributed by atoms with van der Waals surface area (Å²) in [5.74, 6) is -1.16. The number of nitrogens with zero attached hydrogens (tertiary/aromatic N) is 2. The van der Waals surface area contributed by atoms with E-state index in [1.165, 1.54) is 0 Å². The Hall–Kier alpha value is -7.25. The number of amides is 2. The molecule has 100 heavy (non-hydrogen) atoms. The molecule has 0 unspecified atom stereocenters. The van der Waals surface area contributed by atoms with E-state index < -0.39 is 5.97 Å². The SMILES string of the molecule is CC(=O)Cc1c[c-]c(NC(=O)c2cn(C)c3ccccc23)cc1C.Cc1cc(NC(=O)c2cn(C)c3ccccc23)[c-]cc1CC(=O)O.FF.FF.FF.FF.FF.FF.FF.FF.FF.FF.FF.FF.FF.FF.FF.FF.FF.FF.FF.FF.FF.FF.FF.FF.FF.[Y].[Y]. The van der Waals surface area contributed by atoms with E-state index in [0.717, 1.165) is 38.5 Å². The first-order valence-electron chi connectivity index (χ1n) is 18.9. The summed E-state index contributed by atoms with van der Waals surface area (Å²) in [5.41, 5.74) is 7.76. The van der Waals surface area contributed by atoms with Crippen molar-refractivity contribution in [3.63, 3.8) is 0 Å². The fourth-order valence-corrected chi connectivity index (χ4v) is 5.64. The predicted molar refractivity (Wildman–Crippen MR) is 243 cm³/mol. The predicted octanol–water partition coefficient (Wildman–Crippen LogP) is 27.8. The molecule has 61 heteroatoms. The van der Waals surface area contributed by atoms with E-state index in [1.54, 1.807) is 31.3 Å². The third kappa shape index (κ3) is 92.8. The topological polar surface area (TPSA) is 122 Å². The summed E-state index contributed by atoms with van der Waals surface area (Å²) in [5, 5.41) is 16.4. The number of Topliss-reactive ketones (excluding diaryl/α,β-unsaturated/α-hetero) is 1. The third-order valence-corrected chi connectivity index (χ3v) is 8.10. The zero-order valence-electron chi connectivity index (χ0n) is 47.5. The molecule has 0 saturated carbocycles. The van der Waals surface area contributed by atoms with Crippen LogP contribution in [0.25, 0.3) is 21.8 Å². The van der Waals surface area contributed by atoms with Crippen LogP contribution in [0.15, 0.2) is 85.2 Å². The van der Waals surface area contributed by atoms with Gasteiger partial charge in [0, 0.05) is 349 Å². The fraction of sp³-hybridized carbons (Fsp3) is 0.179. The minimum atomic E-state index is -0.890. The van der Waals surface area contributed by atoms with Crippen LogP contribution in [-0.4, -0.2) is 37.8 Å². The summed E-state index contributed by atoms with van der Waals surface area (Å²) in [6.07, 6.45) is 3.96. The van der Waals surface area contributed by atoms with Crippen LogP contribution in [0, 0.1) is 26.0 Å². The Morgan fingerprint density at radius 3 is 0.750 bits per heavy atom. The third-order valence-electron chi connectivity index (χ3n) is 8.10. The van der Waals surface area contributed by atoms with Crippen LogP contribution >= 0.6 is 0 Å². The van der Waals surface area contributed by atoms with E-state index in [4.69, 9.17) is 234 Å². The van der Waals surface area contributed by atoms with E-state index in [0.29, 0.717) is 34.5 Å². The zero-order chi connectivity index (χ0) is 84.5. The summed E-state index contributed by atoms with van der Waals surface area (Å²) >= 11 is 0. The number of carbonyl (C=O) groups excluding carboxylic acids is 3. The zero-order valence-corrected chi connectivity index (χ0v) is 53.2. The van der Waals surface area contributed by atoms with Crippen LogP contribution in [0.5, 0.6) is 0 Å². The number of nitrogens with one attached hydrogen (secondary N) is 2. The quantitative estimate of drug-likeness (QED) is 0.103. The summed E-state index contributed by atoms with van der Waals surface area (Å²) in [4.78, 5) is 47.3. The van der Waals surface area contributed by atoms with Crippen molar-refractivity contribution in [3.8, 4) is 0 Å². The normalized spacial score (nSPS) is 6.67. The van der Waals surface area contributed by atoms with Crippen molar-refractivity contribution in [1.82, 2.24) is 9.13 Å². The van der Waals surface area contributed by atoms with Gasteiger partial charge in [-0.25, -0.2) is 0 Å². The first kappa shape index (κ1) is 160. The van der Waals surface area contributed by atoms with E-state index in [9.17, 15) is 19.2 Å². The molecule has 9 nitrogen and oxygen atoms in total. The maximum Gasteiger partial charge on any atom is 0.296 e. The van der Waals surface area contributed by atoms with Crippen molar-refractivity contribution in [1.29, 1.82) is 0 Å². The van der Waals surface area contributed by atoms with Gasteiger partial charge in [0.15, 0.2) is 0 Å². The second-order valence-corrected chi connectivity index (χ2v) is 11.8. The first-order valence-corrected chi connectivity index (χ1v) is 18.9. The number of halogens is 50. The molecule has 0 aliphatic heterocycles. The van der Waals surface area contributed by atoms with Gasteiger partial charge in [-0.3, -0.25) is 14.4 Å². The van der Waals surface area contributed by atoms with Crippen LogP contribution in [0.2, 0.25) is 0 Å². The molecule has 0 aliphatic carbocycles. The molecule has 2 amide bonds. The van der Waals surface area contributed by atoms with Gasteiger partial charge in [0.2, 0.25) is 0 Å². The number of fused-ring (bicyclic) bond motifs is 2. The number of carboxylic acids is 1. The number of para-hydroxylation sites is 2. The van der Waals surface area contributed by atoms with Gasteiger partial charge in [-0.15, -0.1) is 23.3 Å². The molecule has 4 aromatic carbocycles. The van der Waals surface area contributed by atoms with Crippen molar-refractivity contribution < 1.29 is 318 Å². The number of carboxylic acid groups (broad SMARTS) is 1. The molecule has 0 aliphatic rings. The molecule has 0 bridgehead atoms. The number of aryl methyl sites for hydroxylation is 4. The van der Waals surface area contributed by atoms with E-state index in [1.807, 2.05) is 97.9 Å². The second-order valence-electron chi connectivity index (χ2n) is 11.8. The number of rotatable bonds is 8. The summed E-state index contributed by atoms with van der Waals surface area (Å²) in [6, 6.07) is 28.5. The molecule has 2 heterocycles. The Labute approximate surface area is 571 Å². The van der Waals surface area contributed by atoms with Crippen molar-refractivity contribution in [2.75, 3.05) is 10.6 Å². The molecule has 0 saturated heterocycles. The molecule has 2 radical (unpaired) electrons. The Morgan fingerprint density at radius 2 is 0.560 bits per heavy atom. The monoisotopic (exact) mass is 1770 g/mol. The van der Waals surface area contributed by atoms with Crippen molar-refractivity contribution in [2.45, 2.75) is 33.6 Å². The van der Waals surface area contributed by atoms with Gasteiger partial charge < -0.3 is 29.7 Å². The Bertz CT molecular complexity index is 2150. The molecule has 0 atom stereocenters. The van der Waals surface area contributed by atoms with Crippen molar-refractivity contribution in [3.05, 3.63) is 131 Å². The number of ketones is 1. The number of anilines is 2. The summed E-state index contributed by atoms with van der Waals surface area (Å²) in [7, 11) is 3.82. The number of benzene rings is 4. The van der Waals surface area contributed by atoms with Gasteiger partial charge in [0.05, 0.1) is 11.1 Å². The van der Waals surface area contributed by atoms with E-state index in [-0.39, 0.29) is 89.4 Å². The van der Waals surface area contributed by atoms with Crippen LogP contribution in [0.3, 0.4) is 0 Å². The number of carbonyl (C=O) groups is 4. The molecule has 6 rings (SSSR count). The summed E-state index contributed by atoms with van der Waals surface area (Å²) in [6.45, 7) is 5.31. The van der Waals surface area contributed by atoms with Crippen LogP contribution in [0.4, 0.5) is 240 Å². The molecular weight excluding hydrogens is 1730 g/mol. The molecule has 0 fully saturated rings. The Kier molecular flexibility index (Phi) is 272.